The molecule has 2 heterocycles. The fourth-order valence-corrected chi connectivity index (χ4v) is 3.16. The summed E-state index contributed by atoms with van der Waals surface area (Å²) in [4.78, 5) is 31.7. The Morgan fingerprint density at radius 3 is 2.31 bits per heavy atom. The summed E-state index contributed by atoms with van der Waals surface area (Å²) in [6, 6.07) is 0.755. The van der Waals surface area contributed by atoms with Crippen LogP contribution in [-0.2, 0) is 14.4 Å². The molecule has 29 heavy (non-hydrogen) atoms. The lowest BCUT2D eigenvalue weighted by atomic mass is 9.87. The number of nitrogens with one attached hydrogen (secondary N) is 2. The van der Waals surface area contributed by atoms with E-state index in [2.05, 4.69) is 29.6 Å². The highest BCUT2D eigenvalue weighted by Crippen LogP contribution is 2.34. The molecule has 0 unspecified atom stereocenters. The highest BCUT2D eigenvalue weighted by Gasteiger charge is 2.44. The number of carbonyl (C=O) groups is 3. The van der Waals surface area contributed by atoms with Crippen molar-refractivity contribution in [1.82, 2.24) is 15.8 Å². The number of carbonyl (C=O) groups excluding carboxylic acids is 1. The second-order valence-corrected chi connectivity index (χ2v) is 7.08. The number of aliphatic carboxylic acids is 2. The number of rotatable bonds is 6. The number of aromatic nitrogens is 1. The molecule has 0 aromatic carbocycles. The molecular weight excluding hydrogens is 399 g/mol. The molecule has 0 aliphatic carbocycles. The average molecular weight is 423 g/mol. The molecular formula is C17H24F3N3O6. The number of carboxylic acids is 2. The molecule has 0 bridgehead atoms. The van der Waals surface area contributed by atoms with Crippen molar-refractivity contribution in [3.8, 4) is 0 Å². The van der Waals surface area contributed by atoms with E-state index in [-0.39, 0.29) is 23.9 Å². The first-order valence-electron chi connectivity index (χ1n) is 8.79. The molecule has 164 valence electrons. The van der Waals surface area contributed by atoms with Crippen LogP contribution >= 0.6 is 0 Å². The Morgan fingerprint density at radius 2 is 1.93 bits per heavy atom. The Morgan fingerprint density at radius 1 is 1.34 bits per heavy atom. The third-order valence-corrected chi connectivity index (χ3v) is 4.23. The summed E-state index contributed by atoms with van der Waals surface area (Å²) in [6.45, 7) is 5.62. The van der Waals surface area contributed by atoms with E-state index in [1.807, 2.05) is 0 Å². The molecule has 1 saturated heterocycles. The van der Waals surface area contributed by atoms with Crippen LogP contribution in [0.3, 0.4) is 0 Å². The average Bonchev–Trinajstić information content (AvgIpc) is 3.22. The Kier molecular flexibility index (Phi) is 8.61. The Hall–Kier alpha value is -2.63. The fraction of sp³-hybridized carbons (Fsp3) is 0.647. The highest BCUT2D eigenvalue weighted by atomic mass is 19.4. The summed E-state index contributed by atoms with van der Waals surface area (Å²) >= 11 is 0. The van der Waals surface area contributed by atoms with Crippen LogP contribution in [0.25, 0.3) is 0 Å². The molecule has 1 amide bonds. The Labute approximate surface area is 164 Å². The van der Waals surface area contributed by atoms with E-state index in [1.165, 1.54) is 6.92 Å². The van der Waals surface area contributed by atoms with Gasteiger partial charge >= 0.3 is 18.1 Å². The number of halogens is 3. The number of amides is 1. The number of hydrogen-bond acceptors (Lipinski definition) is 6. The molecule has 2 rings (SSSR count). The predicted octanol–water partition coefficient (Wildman–Crippen LogP) is 1.76. The van der Waals surface area contributed by atoms with Crippen LogP contribution in [-0.4, -0.2) is 57.5 Å². The van der Waals surface area contributed by atoms with Gasteiger partial charge in [-0.05, 0) is 18.8 Å². The molecule has 9 nitrogen and oxygen atoms in total. The number of hydrogen-bond donors (Lipinski definition) is 4. The zero-order chi connectivity index (χ0) is 22.4. The van der Waals surface area contributed by atoms with Crippen LogP contribution in [0.2, 0.25) is 0 Å². The van der Waals surface area contributed by atoms with Crippen molar-refractivity contribution in [3.05, 3.63) is 18.0 Å². The van der Waals surface area contributed by atoms with Gasteiger partial charge in [0.05, 0.1) is 6.20 Å². The van der Waals surface area contributed by atoms with Crippen molar-refractivity contribution in [1.29, 1.82) is 0 Å². The van der Waals surface area contributed by atoms with Crippen molar-refractivity contribution < 1.29 is 42.3 Å². The lowest BCUT2D eigenvalue weighted by Gasteiger charge is -2.29. The van der Waals surface area contributed by atoms with E-state index in [0.29, 0.717) is 18.1 Å². The van der Waals surface area contributed by atoms with E-state index in [4.69, 9.17) is 14.4 Å². The SMILES string of the molecule is CC(=O)N[C@@H](CC(C)C)[C@@H]1N[C@@H](C(=O)O)C[C@H]1c1ccno1.O=C(O)C(F)(F)F. The molecule has 0 spiro atoms. The van der Waals surface area contributed by atoms with Crippen LogP contribution in [0.15, 0.2) is 16.8 Å². The predicted molar refractivity (Wildman–Crippen MR) is 93.0 cm³/mol. The van der Waals surface area contributed by atoms with Gasteiger partial charge < -0.3 is 20.1 Å². The molecule has 1 aliphatic heterocycles. The molecule has 1 aromatic rings. The molecule has 0 radical (unpaired) electrons. The van der Waals surface area contributed by atoms with Gasteiger partial charge in [-0.2, -0.15) is 13.2 Å². The third-order valence-electron chi connectivity index (χ3n) is 4.23. The number of nitrogens with zero attached hydrogens (tertiary/aromatic N) is 1. The Bertz CT molecular complexity index is 693. The van der Waals surface area contributed by atoms with E-state index in [0.717, 1.165) is 6.42 Å². The van der Waals surface area contributed by atoms with Crippen molar-refractivity contribution >= 4 is 17.8 Å². The fourth-order valence-electron chi connectivity index (χ4n) is 3.16. The smallest absolute Gasteiger partial charge is 0.480 e. The normalized spacial score (nSPS) is 22.5. The van der Waals surface area contributed by atoms with Gasteiger partial charge in [-0.25, -0.2) is 4.79 Å². The maximum atomic E-state index is 11.5. The zero-order valence-electron chi connectivity index (χ0n) is 16.1. The monoisotopic (exact) mass is 423 g/mol. The maximum absolute atomic E-state index is 11.5. The minimum atomic E-state index is -5.08. The van der Waals surface area contributed by atoms with Crippen LogP contribution < -0.4 is 10.6 Å². The lowest BCUT2D eigenvalue weighted by Crippen LogP contribution is -2.51. The largest absolute Gasteiger partial charge is 0.490 e. The van der Waals surface area contributed by atoms with Crippen molar-refractivity contribution in [2.45, 2.75) is 63.8 Å². The van der Waals surface area contributed by atoms with Crippen molar-refractivity contribution in [2.75, 3.05) is 0 Å². The first-order valence-corrected chi connectivity index (χ1v) is 8.79. The van der Waals surface area contributed by atoms with Gasteiger partial charge in [0.2, 0.25) is 5.91 Å². The third kappa shape index (κ3) is 7.72. The van der Waals surface area contributed by atoms with E-state index in [1.54, 1.807) is 12.3 Å². The second kappa shape index (κ2) is 10.2. The molecule has 0 saturated carbocycles. The highest BCUT2D eigenvalue weighted by molar-refractivity contribution is 5.75. The van der Waals surface area contributed by atoms with Gasteiger partial charge in [-0.1, -0.05) is 19.0 Å². The topological polar surface area (TPSA) is 142 Å². The summed E-state index contributed by atoms with van der Waals surface area (Å²) in [5.74, 6) is -2.87. The van der Waals surface area contributed by atoms with E-state index < -0.39 is 24.2 Å². The Balaban J connectivity index is 0.000000516. The first-order chi connectivity index (χ1) is 13.3. The summed E-state index contributed by atoms with van der Waals surface area (Å²) in [5, 5.41) is 26.2. The van der Waals surface area contributed by atoms with Crippen LogP contribution in [0.4, 0.5) is 13.2 Å². The zero-order valence-corrected chi connectivity index (χ0v) is 16.1. The van der Waals surface area contributed by atoms with E-state index in [9.17, 15) is 27.9 Å². The standard InChI is InChI=1S/C15H23N3O4.C2HF3O2/c1-8(2)6-11(17-9(3)19)14-10(13-4-5-16-22-13)7-12(18-14)15(20)21;3-2(4,5)1(6)7/h4-5,8,10-12,14,18H,6-7H2,1-3H3,(H,17,19)(H,20,21);(H,6,7)/t10-,11-,12+,14+;/m0./s1. The summed E-state index contributed by atoms with van der Waals surface area (Å²) < 4.78 is 37.0. The van der Waals surface area contributed by atoms with Gasteiger partial charge in [0.15, 0.2) is 0 Å². The van der Waals surface area contributed by atoms with Crippen molar-refractivity contribution in [3.63, 3.8) is 0 Å². The van der Waals surface area contributed by atoms with Gasteiger partial charge in [0.25, 0.3) is 0 Å². The minimum absolute atomic E-state index is 0.123. The molecule has 1 aliphatic rings. The summed E-state index contributed by atoms with van der Waals surface area (Å²) in [6.07, 6.45) is -2.35. The number of alkyl halides is 3. The molecule has 1 fully saturated rings. The quantitative estimate of drug-likeness (QED) is 0.542. The van der Waals surface area contributed by atoms with Gasteiger partial charge in [0, 0.05) is 31.0 Å². The minimum Gasteiger partial charge on any atom is -0.480 e. The van der Waals surface area contributed by atoms with Gasteiger partial charge in [0.1, 0.15) is 11.8 Å². The maximum Gasteiger partial charge on any atom is 0.490 e. The van der Waals surface area contributed by atoms with Gasteiger partial charge in [-0.3, -0.25) is 14.9 Å². The molecule has 1 aromatic heterocycles. The summed E-state index contributed by atoms with van der Waals surface area (Å²) in [7, 11) is 0. The van der Waals surface area contributed by atoms with Crippen molar-refractivity contribution in [2.24, 2.45) is 5.92 Å². The molecule has 4 atom stereocenters. The lowest BCUT2D eigenvalue weighted by molar-refractivity contribution is -0.192. The van der Waals surface area contributed by atoms with Crippen LogP contribution in [0.1, 0.15) is 45.3 Å². The molecule has 12 heteroatoms. The van der Waals surface area contributed by atoms with Crippen LogP contribution in [0, 0.1) is 5.92 Å². The summed E-state index contributed by atoms with van der Waals surface area (Å²) in [5.41, 5.74) is 0. The van der Waals surface area contributed by atoms with Gasteiger partial charge in [-0.15, -0.1) is 0 Å². The molecule has 4 N–H and O–H groups in total. The number of carboxylic acid groups (broad SMARTS) is 2. The second-order valence-electron chi connectivity index (χ2n) is 7.08. The van der Waals surface area contributed by atoms with Crippen LogP contribution in [0.5, 0.6) is 0 Å². The first kappa shape index (κ1) is 24.4. The van der Waals surface area contributed by atoms with E-state index >= 15 is 0 Å².